The number of halogens is 4. The standard InChI is InChI=1S/C23H27FN4O3.C2HF3O2/c1-13-5-4-6-17-11-27(12-21(29)28(13)17)23(31)18-9-16(7-8-19(18)24)10-20-14(2)15(3)22(30)26-25-20;3-2(4,5)1(6)7/h7-9,13,17H,4-6,10-12H2,1-3H3,(H,26,30);(H,6,7)/t13-,17-;/m1./s1. The zero-order valence-corrected chi connectivity index (χ0v) is 21.1. The van der Waals surface area contributed by atoms with Crippen molar-refractivity contribution in [2.24, 2.45) is 0 Å². The van der Waals surface area contributed by atoms with Crippen molar-refractivity contribution in [3.8, 4) is 0 Å². The second-order valence-electron chi connectivity index (χ2n) is 9.46. The molecular weight excluding hydrogens is 512 g/mol. The fourth-order valence-electron chi connectivity index (χ4n) is 4.69. The number of benzene rings is 1. The summed E-state index contributed by atoms with van der Waals surface area (Å²) in [6.45, 7) is 5.99. The van der Waals surface area contributed by atoms with E-state index < -0.39 is 23.9 Å². The number of alkyl halides is 3. The summed E-state index contributed by atoms with van der Waals surface area (Å²) >= 11 is 0. The highest BCUT2D eigenvalue weighted by Crippen LogP contribution is 2.28. The number of hydrogen-bond donors (Lipinski definition) is 2. The molecule has 0 bridgehead atoms. The topological polar surface area (TPSA) is 124 Å². The molecule has 3 heterocycles. The van der Waals surface area contributed by atoms with Gasteiger partial charge in [0.25, 0.3) is 11.5 Å². The van der Waals surface area contributed by atoms with Gasteiger partial charge in [-0.05, 0) is 63.3 Å². The molecule has 0 radical (unpaired) electrons. The summed E-state index contributed by atoms with van der Waals surface area (Å²) in [5, 5.41) is 13.7. The maximum Gasteiger partial charge on any atom is 0.490 e. The Hall–Kier alpha value is -3.77. The van der Waals surface area contributed by atoms with Crippen molar-refractivity contribution in [2.45, 2.75) is 64.7 Å². The number of carbonyl (C=O) groups excluding carboxylic acids is 2. The molecule has 2 aliphatic heterocycles. The van der Waals surface area contributed by atoms with Gasteiger partial charge in [-0.1, -0.05) is 6.07 Å². The van der Waals surface area contributed by atoms with Gasteiger partial charge in [-0.3, -0.25) is 14.4 Å². The first kappa shape index (κ1) is 28.8. The van der Waals surface area contributed by atoms with Gasteiger partial charge >= 0.3 is 12.1 Å². The van der Waals surface area contributed by atoms with Crippen molar-refractivity contribution in [3.63, 3.8) is 0 Å². The molecule has 0 saturated carbocycles. The number of aliphatic carboxylic acids is 1. The molecule has 2 aromatic rings. The van der Waals surface area contributed by atoms with Crippen LogP contribution in [0, 0.1) is 19.7 Å². The predicted molar refractivity (Wildman–Crippen MR) is 127 cm³/mol. The van der Waals surface area contributed by atoms with Gasteiger partial charge in [-0.25, -0.2) is 14.3 Å². The molecule has 38 heavy (non-hydrogen) atoms. The molecular formula is C25H28F4N4O5. The molecule has 1 aromatic heterocycles. The van der Waals surface area contributed by atoms with Crippen molar-refractivity contribution in [3.05, 3.63) is 62.3 Å². The van der Waals surface area contributed by atoms with Crippen LogP contribution in [-0.4, -0.2) is 74.2 Å². The number of rotatable bonds is 3. The first-order valence-electron chi connectivity index (χ1n) is 11.9. The lowest BCUT2D eigenvalue weighted by Crippen LogP contribution is -2.61. The lowest BCUT2D eigenvalue weighted by atomic mass is 9.93. The van der Waals surface area contributed by atoms with E-state index in [0.29, 0.717) is 29.8 Å². The number of nitrogens with one attached hydrogen (secondary N) is 1. The molecule has 0 aliphatic carbocycles. The van der Waals surface area contributed by atoms with E-state index in [-0.39, 0.29) is 35.7 Å². The van der Waals surface area contributed by atoms with Gasteiger partial charge in [0.05, 0.1) is 11.3 Å². The number of carboxylic acid groups (broad SMARTS) is 1. The summed E-state index contributed by atoms with van der Waals surface area (Å²) in [4.78, 5) is 49.8. The molecule has 2 amide bonds. The highest BCUT2D eigenvalue weighted by atomic mass is 19.4. The Balaban J connectivity index is 0.000000505. The van der Waals surface area contributed by atoms with Gasteiger partial charge in [0, 0.05) is 30.6 Å². The summed E-state index contributed by atoms with van der Waals surface area (Å²) in [5.74, 6) is -3.90. The quantitative estimate of drug-likeness (QED) is 0.577. The minimum atomic E-state index is -5.08. The highest BCUT2D eigenvalue weighted by Gasteiger charge is 2.40. The average Bonchev–Trinajstić information content (AvgIpc) is 2.84. The first-order valence-corrected chi connectivity index (χ1v) is 11.9. The molecule has 0 unspecified atom stereocenters. The van der Waals surface area contributed by atoms with Gasteiger partial charge in [-0.15, -0.1) is 0 Å². The third-order valence-corrected chi connectivity index (χ3v) is 6.86. The highest BCUT2D eigenvalue weighted by molar-refractivity contribution is 5.97. The van der Waals surface area contributed by atoms with Gasteiger partial charge < -0.3 is 14.9 Å². The van der Waals surface area contributed by atoms with E-state index in [9.17, 15) is 31.9 Å². The van der Waals surface area contributed by atoms with Crippen LogP contribution in [0.1, 0.15) is 58.9 Å². The van der Waals surface area contributed by atoms with E-state index in [1.54, 1.807) is 13.0 Å². The van der Waals surface area contributed by atoms with Crippen LogP contribution < -0.4 is 5.56 Å². The number of piperidine rings is 1. The first-order chi connectivity index (χ1) is 17.7. The second-order valence-corrected chi connectivity index (χ2v) is 9.46. The molecule has 13 heteroatoms. The number of H-pyrrole nitrogens is 1. The van der Waals surface area contributed by atoms with Crippen LogP contribution >= 0.6 is 0 Å². The second kappa shape index (κ2) is 11.3. The molecule has 0 spiro atoms. The lowest BCUT2D eigenvalue weighted by Gasteiger charge is -2.47. The molecule has 4 rings (SSSR count). The maximum atomic E-state index is 14.6. The van der Waals surface area contributed by atoms with Crippen LogP contribution in [0.25, 0.3) is 0 Å². The maximum absolute atomic E-state index is 14.6. The van der Waals surface area contributed by atoms with Crippen molar-refractivity contribution in [1.29, 1.82) is 0 Å². The van der Waals surface area contributed by atoms with E-state index in [1.807, 2.05) is 18.7 Å². The largest absolute Gasteiger partial charge is 0.490 e. The van der Waals surface area contributed by atoms with Crippen molar-refractivity contribution >= 4 is 17.8 Å². The normalized spacial score (nSPS) is 19.4. The van der Waals surface area contributed by atoms with Crippen LogP contribution in [0.15, 0.2) is 23.0 Å². The van der Waals surface area contributed by atoms with Crippen molar-refractivity contribution < 1.29 is 37.1 Å². The Labute approximate surface area is 215 Å². The van der Waals surface area contributed by atoms with Crippen LogP contribution in [0.4, 0.5) is 17.6 Å². The number of nitrogens with zero attached hydrogens (tertiary/aromatic N) is 3. The van der Waals surface area contributed by atoms with Crippen molar-refractivity contribution in [1.82, 2.24) is 20.0 Å². The molecule has 2 atom stereocenters. The molecule has 2 fully saturated rings. The molecule has 2 saturated heterocycles. The molecule has 1 aromatic carbocycles. The zero-order chi connectivity index (χ0) is 28.4. The van der Waals surface area contributed by atoms with Crippen LogP contribution in [0.2, 0.25) is 0 Å². The van der Waals surface area contributed by atoms with Gasteiger partial charge in [0.1, 0.15) is 12.4 Å². The fraction of sp³-hybridized carbons (Fsp3) is 0.480. The molecule has 2 N–H and O–H groups in total. The summed E-state index contributed by atoms with van der Waals surface area (Å²) in [7, 11) is 0. The molecule has 206 valence electrons. The van der Waals surface area contributed by atoms with E-state index in [4.69, 9.17) is 9.90 Å². The van der Waals surface area contributed by atoms with Crippen LogP contribution in [0.3, 0.4) is 0 Å². The van der Waals surface area contributed by atoms with Crippen LogP contribution in [-0.2, 0) is 16.0 Å². The number of aromatic amines is 1. The van der Waals surface area contributed by atoms with E-state index >= 15 is 0 Å². The minimum absolute atomic E-state index is 0.00355. The number of carboxylic acids is 1. The summed E-state index contributed by atoms with van der Waals surface area (Å²) < 4.78 is 46.3. The third kappa shape index (κ3) is 6.37. The lowest BCUT2D eigenvalue weighted by molar-refractivity contribution is -0.192. The van der Waals surface area contributed by atoms with E-state index in [0.717, 1.165) is 24.8 Å². The monoisotopic (exact) mass is 540 g/mol. The van der Waals surface area contributed by atoms with Crippen LogP contribution in [0.5, 0.6) is 0 Å². The van der Waals surface area contributed by atoms with Gasteiger partial charge in [-0.2, -0.15) is 18.3 Å². The Kier molecular flexibility index (Phi) is 8.58. The smallest absolute Gasteiger partial charge is 0.475 e. The summed E-state index contributed by atoms with van der Waals surface area (Å²) in [6, 6.07) is 4.59. The number of carbonyl (C=O) groups is 3. The Morgan fingerprint density at radius 1 is 1.16 bits per heavy atom. The number of amides is 2. The van der Waals surface area contributed by atoms with E-state index in [1.165, 1.54) is 17.0 Å². The molecule has 9 nitrogen and oxygen atoms in total. The Morgan fingerprint density at radius 2 is 1.82 bits per heavy atom. The Bertz CT molecular complexity index is 1290. The Morgan fingerprint density at radius 3 is 2.45 bits per heavy atom. The average molecular weight is 541 g/mol. The number of fused-ring (bicyclic) bond motifs is 1. The van der Waals surface area contributed by atoms with Gasteiger partial charge in [0.2, 0.25) is 5.91 Å². The van der Waals surface area contributed by atoms with Gasteiger partial charge in [0.15, 0.2) is 0 Å². The number of piperazine rings is 1. The van der Waals surface area contributed by atoms with Crippen molar-refractivity contribution in [2.75, 3.05) is 13.1 Å². The summed E-state index contributed by atoms with van der Waals surface area (Å²) in [6.07, 6.45) is -1.87. The third-order valence-electron chi connectivity index (χ3n) is 6.86. The fourth-order valence-corrected chi connectivity index (χ4v) is 4.69. The SMILES string of the molecule is Cc1c(Cc2ccc(F)c(C(=O)N3CC(=O)N4[C@H](CCC[C@H]4C)C3)c2)n[nH]c(=O)c1C.O=C(O)C(F)(F)F. The zero-order valence-electron chi connectivity index (χ0n) is 21.1. The molecule has 2 aliphatic rings. The summed E-state index contributed by atoms with van der Waals surface area (Å²) in [5.41, 5.74) is 2.46. The number of hydrogen-bond acceptors (Lipinski definition) is 5. The minimum Gasteiger partial charge on any atom is -0.475 e. The van der Waals surface area contributed by atoms with E-state index in [2.05, 4.69) is 10.2 Å². The number of aromatic nitrogens is 2. The predicted octanol–water partition coefficient (Wildman–Crippen LogP) is 2.98.